The molecule has 1 rings (SSSR count). The first-order chi connectivity index (χ1) is 11.4. The second-order valence-electron chi connectivity index (χ2n) is 5.28. The summed E-state index contributed by atoms with van der Waals surface area (Å²) in [6.45, 7) is 2.55. The van der Waals surface area contributed by atoms with Crippen LogP contribution in [0.4, 0.5) is 0 Å². The van der Waals surface area contributed by atoms with E-state index in [4.69, 9.17) is 25.7 Å². The predicted octanol–water partition coefficient (Wildman–Crippen LogP) is 2.75. The molecule has 7 heteroatoms. The summed E-state index contributed by atoms with van der Waals surface area (Å²) in [5.41, 5.74) is 1.03. The average Bonchev–Trinajstić information content (AvgIpc) is 2.53. The van der Waals surface area contributed by atoms with Gasteiger partial charge in [0.2, 0.25) is 0 Å². The largest absolute Gasteiger partial charge is 0.465 e. The lowest BCUT2D eigenvalue weighted by atomic mass is 10.0. The van der Waals surface area contributed by atoms with Crippen LogP contribution >= 0.6 is 7.60 Å². The van der Waals surface area contributed by atoms with E-state index in [-0.39, 0.29) is 12.6 Å². The van der Waals surface area contributed by atoms with E-state index in [9.17, 15) is 4.57 Å². The highest BCUT2D eigenvalue weighted by atomic mass is 31.2. The number of hydrogen-bond donors (Lipinski definition) is 2. The van der Waals surface area contributed by atoms with Crippen LogP contribution in [0.2, 0.25) is 0 Å². The zero-order chi connectivity index (χ0) is 18.0. The first kappa shape index (κ1) is 20.4. The van der Waals surface area contributed by atoms with Crippen LogP contribution in [0, 0.1) is 12.3 Å². The fourth-order valence-electron chi connectivity index (χ4n) is 2.19. The fraction of sp³-hybridized carbons (Fsp3) is 0.412. The summed E-state index contributed by atoms with van der Waals surface area (Å²) in [6, 6.07) is 7.60. The van der Waals surface area contributed by atoms with Crippen LogP contribution in [0.15, 0.2) is 36.6 Å². The Kier molecular flexibility index (Phi) is 8.77. The molecule has 6 nitrogen and oxygen atoms in total. The van der Waals surface area contributed by atoms with Crippen molar-refractivity contribution >= 4 is 7.60 Å². The van der Waals surface area contributed by atoms with Crippen molar-refractivity contribution in [3.8, 4) is 18.1 Å². The Morgan fingerprint density at radius 1 is 1.38 bits per heavy atom. The lowest BCUT2D eigenvalue weighted by Gasteiger charge is -2.27. The van der Waals surface area contributed by atoms with Crippen molar-refractivity contribution in [2.24, 2.45) is 0 Å². The van der Waals surface area contributed by atoms with Gasteiger partial charge in [-0.2, -0.15) is 0 Å². The number of terminal acetylenes is 1. The highest BCUT2D eigenvalue weighted by molar-refractivity contribution is 7.51. The summed E-state index contributed by atoms with van der Waals surface area (Å²) in [5, 5.41) is 0. The molecule has 24 heavy (non-hydrogen) atoms. The molecule has 2 N–H and O–H groups in total. The molecular formula is C17H24NO5P. The maximum absolute atomic E-state index is 10.8. The third kappa shape index (κ3) is 7.78. The summed E-state index contributed by atoms with van der Waals surface area (Å²) in [5.74, 6) is 3.33. The van der Waals surface area contributed by atoms with E-state index in [0.29, 0.717) is 13.0 Å². The second kappa shape index (κ2) is 10.3. The van der Waals surface area contributed by atoms with Crippen molar-refractivity contribution in [3.05, 3.63) is 42.2 Å². The molecule has 0 bridgehead atoms. The molecule has 0 saturated carbocycles. The van der Waals surface area contributed by atoms with E-state index >= 15 is 0 Å². The quantitative estimate of drug-likeness (QED) is 0.291. The van der Waals surface area contributed by atoms with Crippen molar-refractivity contribution in [1.29, 1.82) is 0 Å². The summed E-state index contributed by atoms with van der Waals surface area (Å²) >= 11 is 0. The van der Waals surface area contributed by atoms with Crippen LogP contribution in [-0.4, -0.2) is 41.2 Å². The first-order valence-electron chi connectivity index (χ1n) is 7.51. The van der Waals surface area contributed by atoms with Crippen molar-refractivity contribution in [3.63, 3.8) is 0 Å². The van der Waals surface area contributed by atoms with E-state index in [1.165, 1.54) is 0 Å². The molecule has 0 fully saturated rings. The van der Waals surface area contributed by atoms with E-state index in [0.717, 1.165) is 11.3 Å². The normalized spacial score (nSPS) is 13.2. The van der Waals surface area contributed by atoms with E-state index < -0.39 is 13.9 Å². The molecule has 1 unspecified atom stereocenters. The van der Waals surface area contributed by atoms with Crippen LogP contribution in [0.5, 0.6) is 5.75 Å². The molecule has 0 aromatic heterocycles. The van der Waals surface area contributed by atoms with E-state index in [2.05, 4.69) is 5.92 Å². The molecule has 0 aliphatic heterocycles. The van der Waals surface area contributed by atoms with Gasteiger partial charge in [-0.05, 0) is 38.1 Å². The lowest BCUT2D eigenvalue weighted by molar-refractivity contribution is 0.127. The number of allylic oxidation sites excluding steroid dienone is 1. The highest BCUT2D eigenvalue weighted by Gasteiger charge is 2.18. The molecule has 0 amide bonds. The van der Waals surface area contributed by atoms with Crippen molar-refractivity contribution in [1.82, 2.24) is 4.90 Å². The topological polar surface area (TPSA) is 79.2 Å². The first-order valence-corrected chi connectivity index (χ1v) is 9.31. The SMILES string of the molecule is C#CCN(C)C(CCOCP(=O)(O)O)c1ccc(O/C=C/C)cc1. The summed E-state index contributed by atoms with van der Waals surface area (Å²) < 4.78 is 21.3. The molecule has 0 radical (unpaired) electrons. The fourth-order valence-corrected chi connectivity index (χ4v) is 2.56. The summed E-state index contributed by atoms with van der Waals surface area (Å²) in [7, 11) is -2.24. The van der Waals surface area contributed by atoms with Gasteiger partial charge in [-0.3, -0.25) is 9.46 Å². The molecule has 1 aromatic carbocycles. The minimum Gasteiger partial charge on any atom is -0.465 e. The molecule has 132 valence electrons. The Balaban J connectivity index is 2.74. The van der Waals surface area contributed by atoms with Gasteiger partial charge < -0.3 is 19.3 Å². The lowest BCUT2D eigenvalue weighted by Crippen LogP contribution is -2.26. The molecule has 1 aromatic rings. The van der Waals surface area contributed by atoms with Crippen molar-refractivity contribution < 1.29 is 23.8 Å². The molecular weight excluding hydrogens is 329 g/mol. The minimum absolute atomic E-state index is 0.0198. The Labute approximate surface area is 143 Å². The molecule has 0 heterocycles. The van der Waals surface area contributed by atoms with Gasteiger partial charge in [-0.25, -0.2) is 0 Å². The van der Waals surface area contributed by atoms with Gasteiger partial charge in [0.15, 0.2) is 0 Å². The van der Waals surface area contributed by atoms with Gasteiger partial charge in [0.05, 0.1) is 12.8 Å². The summed E-state index contributed by atoms with van der Waals surface area (Å²) in [4.78, 5) is 19.6. The number of nitrogens with zero attached hydrogens (tertiary/aromatic N) is 1. The van der Waals surface area contributed by atoms with Gasteiger partial charge in [-0.1, -0.05) is 24.1 Å². The Hall–Kier alpha value is -1.61. The van der Waals surface area contributed by atoms with Crippen LogP contribution in [0.25, 0.3) is 0 Å². The van der Waals surface area contributed by atoms with Crippen LogP contribution < -0.4 is 4.74 Å². The number of hydrogen-bond acceptors (Lipinski definition) is 4. The van der Waals surface area contributed by atoms with Gasteiger partial charge >= 0.3 is 7.60 Å². The van der Waals surface area contributed by atoms with Crippen molar-refractivity contribution in [2.45, 2.75) is 19.4 Å². The average molecular weight is 353 g/mol. The van der Waals surface area contributed by atoms with Crippen LogP contribution in [0.1, 0.15) is 24.9 Å². The maximum atomic E-state index is 10.8. The third-order valence-corrected chi connectivity index (χ3v) is 3.79. The molecule has 0 aliphatic rings. The Morgan fingerprint density at radius 3 is 2.58 bits per heavy atom. The third-order valence-electron chi connectivity index (χ3n) is 3.27. The molecule has 0 saturated heterocycles. The van der Waals surface area contributed by atoms with Crippen molar-refractivity contribution in [2.75, 3.05) is 26.5 Å². The van der Waals surface area contributed by atoms with Crippen LogP contribution in [-0.2, 0) is 9.30 Å². The Morgan fingerprint density at radius 2 is 2.04 bits per heavy atom. The maximum Gasteiger partial charge on any atom is 0.350 e. The standard InChI is InChI=1S/C17H24NO5P/c1-4-11-18(3)17(10-13-22-14-24(19,20)21)15-6-8-16(9-7-15)23-12-5-2/h1,5-9,12,17H,10-11,13-14H2,2-3H3,(H2,19,20,21)/b12-5+. The minimum atomic E-state index is -4.14. The van der Waals surface area contributed by atoms with Crippen LogP contribution in [0.3, 0.4) is 0 Å². The molecule has 0 spiro atoms. The van der Waals surface area contributed by atoms with E-state index in [1.807, 2.05) is 43.1 Å². The predicted molar refractivity (Wildman–Crippen MR) is 93.6 cm³/mol. The Bertz CT molecular complexity index is 602. The number of ether oxygens (including phenoxy) is 2. The van der Waals surface area contributed by atoms with Gasteiger partial charge in [0.25, 0.3) is 0 Å². The number of benzene rings is 1. The van der Waals surface area contributed by atoms with E-state index in [1.54, 1.807) is 12.3 Å². The smallest absolute Gasteiger partial charge is 0.350 e. The highest BCUT2D eigenvalue weighted by Crippen LogP contribution is 2.34. The van der Waals surface area contributed by atoms with Gasteiger partial charge in [0.1, 0.15) is 12.1 Å². The zero-order valence-electron chi connectivity index (χ0n) is 14.0. The summed E-state index contributed by atoms with van der Waals surface area (Å²) in [6.07, 6.45) is 8.78. The molecule has 0 aliphatic carbocycles. The second-order valence-corrected chi connectivity index (χ2v) is 6.87. The molecule has 1 atom stereocenters. The van der Waals surface area contributed by atoms with Gasteiger partial charge in [0, 0.05) is 12.6 Å². The van der Waals surface area contributed by atoms with Gasteiger partial charge in [-0.15, -0.1) is 6.42 Å². The monoisotopic (exact) mass is 353 g/mol. The zero-order valence-corrected chi connectivity index (χ0v) is 14.9. The number of rotatable bonds is 10.